The highest BCUT2D eigenvalue weighted by Crippen LogP contribution is 2.30. The summed E-state index contributed by atoms with van der Waals surface area (Å²) in [5.41, 5.74) is -0.0907. The number of alkyl halides is 3. The molecule has 0 unspecified atom stereocenters. The third kappa shape index (κ3) is 5.03. The number of hydrogen-bond acceptors (Lipinski definition) is 3. The summed E-state index contributed by atoms with van der Waals surface area (Å²) in [6, 6.07) is 4.73. The molecule has 0 heterocycles. The van der Waals surface area contributed by atoms with Crippen LogP contribution in [0, 0.1) is 0 Å². The molecule has 1 aromatic carbocycles. The summed E-state index contributed by atoms with van der Waals surface area (Å²) in [6.45, 7) is 3.48. The van der Waals surface area contributed by atoms with Crippen molar-refractivity contribution in [1.29, 1.82) is 0 Å². The van der Waals surface area contributed by atoms with Gasteiger partial charge in [-0.15, -0.1) is 0 Å². The van der Waals surface area contributed by atoms with E-state index in [4.69, 9.17) is 4.74 Å². The van der Waals surface area contributed by atoms with Crippen molar-refractivity contribution in [2.45, 2.75) is 20.0 Å². The lowest BCUT2D eigenvalue weighted by Crippen LogP contribution is -2.07. The van der Waals surface area contributed by atoms with Gasteiger partial charge in [0.05, 0.1) is 12.2 Å². The molecule has 6 heteroatoms. The second kappa shape index (κ2) is 6.26. The number of esters is 1. The zero-order valence-corrected chi connectivity index (χ0v) is 10.5. The van der Waals surface area contributed by atoms with E-state index < -0.39 is 17.7 Å². The van der Waals surface area contributed by atoms with Crippen molar-refractivity contribution in [3.05, 3.63) is 41.6 Å². The number of carbonyl (C=O) groups is 1. The van der Waals surface area contributed by atoms with Crippen molar-refractivity contribution < 1.29 is 22.7 Å². The van der Waals surface area contributed by atoms with E-state index in [0.717, 1.165) is 12.1 Å². The van der Waals surface area contributed by atoms with Gasteiger partial charge in [0, 0.05) is 17.5 Å². The molecule has 0 fully saturated rings. The van der Waals surface area contributed by atoms with Gasteiger partial charge in [0.15, 0.2) is 0 Å². The zero-order chi connectivity index (χ0) is 14.5. The second-order valence-corrected chi connectivity index (χ2v) is 3.78. The molecule has 0 aliphatic heterocycles. The first-order chi connectivity index (χ1) is 8.82. The van der Waals surface area contributed by atoms with Gasteiger partial charge in [-0.1, -0.05) is 6.07 Å². The van der Waals surface area contributed by atoms with Crippen LogP contribution in [0.1, 0.15) is 19.4 Å². The number of allylic oxidation sites excluding steroid dienone is 1. The molecule has 1 rings (SSSR count). The maximum Gasteiger partial charge on any atom is 0.416 e. The van der Waals surface area contributed by atoms with E-state index in [1.807, 2.05) is 0 Å². The first-order valence-electron chi connectivity index (χ1n) is 5.62. The highest BCUT2D eigenvalue weighted by molar-refractivity contribution is 5.83. The number of rotatable bonds is 4. The zero-order valence-electron chi connectivity index (χ0n) is 10.5. The summed E-state index contributed by atoms with van der Waals surface area (Å²) < 4.78 is 42.2. The average molecular weight is 273 g/mol. The Morgan fingerprint density at radius 2 is 2.11 bits per heavy atom. The van der Waals surface area contributed by atoms with Crippen LogP contribution >= 0.6 is 0 Å². The van der Waals surface area contributed by atoms with E-state index in [2.05, 4.69) is 5.32 Å². The minimum atomic E-state index is -4.39. The Kier molecular flexibility index (Phi) is 4.97. The lowest BCUT2D eigenvalue weighted by atomic mass is 10.2. The molecule has 0 aromatic heterocycles. The Morgan fingerprint density at radius 1 is 1.42 bits per heavy atom. The number of hydrogen-bond donors (Lipinski definition) is 1. The van der Waals surface area contributed by atoms with Crippen LogP contribution < -0.4 is 5.32 Å². The molecule has 0 aliphatic rings. The summed E-state index contributed by atoms with van der Waals surface area (Å²) in [5, 5.41) is 2.70. The molecule has 0 aliphatic carbocycles. The number of anilines is 1. The van der Waals surface area contributed by atoms with Crippen molar-refractivity contribution in [1.82, 2.24) is 0 Å². The number of nitrogens with one attached hydrogen (secondary N) is 1. The molecular weight excluding hydrogens is 259 g/mol. The normalized spacial score (nSPS) is 12.2. The van der Waals surface area contributed by atoms with Crippen LogP contribution in [-0.2, 0) is 15.7 Å². The largest absolute Gasteiger partial charge is 0.463 e. The van der Waals surface area contributed by atoms with E-state index >= 15 is 0 Å². The minimum absolute atomic E-state index is 0.242. The van der Waals surface area contributed by atoms with Gasteiger partial charge in [0.2, 0.25) is 0 Å². The van der Waals surface area contributed by atoms with E-state index in [9.17, 15) is 18.0 Å². The minimum Gasteiger partial charge on any atom is -0.463 e. The molecule has 3 nitrogen and oxygen atoms in total. The van der Waals surface area contributed by atoms with Gasteiger partial charge in [-0.2, -0.15) is 13.2 Å². The fourth-order valence-corrected chi connectivity index (χ4v) is 1.40. The first-order valence-corrected chi connectivity index (χ1v) is 5.62. The van der Waals surface area contributed by atoms with Crippen molar-refractivity contribution >= 4 is 11.7 Å². The molecule has 0 radical (unpaired) electrons. The topological polar surface area (TPSA) is 38.3 Å². The third-order valence-corrected chi connectivity index (χ3v) is 2.15. The predicted octanol–water partition coefficient (Wildman–Crippen LogP) is 3.58. The van der Waals surface area contributed by atoms with E-state index in [0.29, 0.717) is 5.70 Å². The van der Waals surface area contributed by atoms with E-state index in [-0.39, 0.29) is 12.3 Å². The average Bonchev–Trinajstić information content (AvgIpc) is 2.28. The van der Waals surface area contributed by atoms with Crippen LogP contribution in [0.3, 0.4) is 0 Å². The summed E-state index contributed by atoms with van der Waals surface area (Å²) in [7, 11) is 0. The lowest BCUT2D eigenvalue weighted by molar-refractivity contribution is -0.138. The van der Waals surface area contributed by atoms with E-state index in [1.54, 1.807) is 13.8 Å². The van der Waals surface area contributed by atoms with Crippen molar-refractivity contribution in [2.75, 3.05) is 11.9 Å². The van der Waals surface area contributed by atoms with Crippen LogP contribution in [0.2, 0.25) is 0 Å². The Morgan fingerprint density at radius 3 is 2.68 bits per heavy atom. The number of carbonyl (C=O) groups excluding carboxylic acids is 1. The molecule has 0 saturated carbocycles. The monoisotopic (exact) mass is 273 g/mol. The van der Waals surface area contributed by atoms with Crippen LogP contribution in [0.4, 0.5) is 18.9 Å². The Labute approximate surface area is 109 Å². The number of halogens is 3. The van der Waals surface area contributed by atoms with Gasteiger partial charge in [-0.3, -0.25) is 0 Å². The third-order valence-electron chi connectivity index (χ3n) is 2.15. The predicted molar refractivity (Wildman–Crippen MR) is 65.5 cm³/mol. The van der Waals surface area contributed by atoms with Crippen LogP contribution in [0.5, 0.6) is 0 Å². The molecule has 0 spiro atoms. The van der Waals surface area contributed by atoms with Gasteiger partial charge in [0.25, 0.3) is 0 Å². The highest BCUT2D eigenvalue weighted by Gasteiger charge is 2.30. The van der Waals surface area contributed by atoms with Crippen molar-refractivity contribution in [3.63, 3.8) is 0 Å². The maximum atomic E-state index is 12.5. The summed E-state index contributed by atoms with van der Waals surface area (Å²) in [6.07, 6.45) is -3.21. The standard InChI is InChI=1S/C13H14F3NO2/c1-3-19-12(18)7-9(2)17-11-6-4-5-10(8-11)13(14,15)16/h4-8,17H,3H2,1-2H3/b9-7-. The van der Waals surface area contributed by atoms with Gasteiger partial charge < -0.3 is 10.1 Å². The molecule has 19 heavy (non-hydrogen) atoms. The van der Waals surface area contributed by atoms with E-state index in [1.165, 1.54) is 18.2 Å². The maximum absolute atomic E-state index is 12.5. The fraction of sp³-hybridized carbons (Fsp3) is 0.308. The fourth-order valence-electron chi connectivity index (χ4n) is 1.40. The number of ether oxygens (including phenoxy) is 1. The molecule has 0 saturated heterocycles. The van der Waals surface area contributed by atoms with Gasteiger partial charge in [-0.25, -0.2) is 4.79 Å². The molecule has 104 valence electrons. The van der Waals surface area contributed by atoms with Crippen molar-refractivity contribution in [3.8, 4) is 0 Å². The number of benzene rings is 1. The highest BCUT2D eigenvalue weighted by atomic mass is 19.4. The summed E-state index contributed by atoms with van der Waals surface area (Å²) in [5.74, 6) is -0.542. The quantitative estimate of drug-likeness (QED) is 0.673. The molecule has 1 aromatic rings. The van der Waals surface area contributed by atoms with Gasteiger partial charge >= 0.3 is 12.1 Å². The van der Waals surface area contributed by atoms with Gasteiger partial charge in [-0.05, 0) is 32.0 Å². The molecule has 0 amide bonds. The Balaban J connectivity index is 2.80. The molecule has 0 bridgehead atoms. The molecule has 0 atom stereocenters. The van der Waals surface area contributed by atoms with Crippen LogP contribution in [0.15, 0.2) is 36.0 Å². The first kappa shape index (κ1) is 15.1. The van der Waals surface area contributed by atoms with Gasteiger partial charge in [0.1, 0.15) is 0 Å². The summed E-state index contributed by atoms with van der Waals surface area (Å²) >= 11 is 0. The lowest BCUT2D eigenvalue weighted by Gasteiger charge is -2.10. The second-order valence-electron chi connectivity index (χ2n) is 3.78. The van der Waals surface area contributed by atoms with Crippen molar-refractivity contribution in [2.24, 2.45) is 0 Å². The van der Waals surface area contributed by atoms with Crippen LogP contribution in [-0.4, -0.2) is 12.6 Å². The SMILES string of the molecule is CCOC(=O)/C=C(/C)Nc1cccc(C(F)(F)F)c1. The summed E-state index contributed by atoms with van der Waals surface area (Å²) in [4.78, 5) is 11.2. The smallest absolute Gasteiger partial charge is 0.416 e. The Hall–Kier alpha value is -1.98. The molecular formula is C13H14F3NO2. The van der Waals surface area contributed by atoms with Crippen LogP contribution in [0.25, 0.3) is 0 Å². The molecule has 1 N–H and O–H groups in total. The Bertz CT molecular complexity index is 481.